The smallest absolute Gasteiger partial charge is 0.119 e. The summed E-state index contributed by atoms with van der Waals surface area (Å²) in [6, 6.07) is 8.73. The van der Waals surface area contributed by atoms with Crippen LogP contribution in [0.25, 0.3) is 0 Å². The van der Waals surface area contributed by atoms with Crippen LogP contribution in [-0.2, 0) is 4.74 Å². The third-order valence-corrected chi connectivity index (χ3v) is 3.53. The van der Waals surface area contributed by atoms with Crippen molar-refractivity contribution in [3.05, 3.63) is 29.8 Å². The summed E-state index contributed by atoms with van der Waals surface area (Å²) in [4.78, 5) is 0. The minimum atomic E-state index is 0.351. The maximum absolute atomic E-state index is 5.62. The average molecular weight is 263 g/mol. The van der Waals surface area contributed by atoms with Crippen LogP contribution in [0.5, 0.6) is 5.75 Å². The average Bonchev–Trinajstić information content (AvgIpc) is 2.96. The second-order valence-corrected chi connectivity index (χ2v) is 5.18. The van der Waals surface area contributed by atoms with Crippen LogP contribution in [0.3, 0.4) is 0 Å². The van der Waals surface area contributed by atoms with Gasteiger partial charge in [-0.3, -0.25) is 0 Å². The first-order valence-electron chi connectivity index (χ1n) is 7.37. The lowest BCUT2D eigenvalue weighted by Crippen LogP contribution is -2.28. The Morgan fingerprint density at radius 1 is 1.37 bits per heavy atom. The first-order valence-corrected chi connectivity index (χ1v) is 7.37. The molecule has 1 heterocycles. The lowest BCUT2D eigenvalue weighted by Gasteiger charge is -2.17. The quantitative estimate of drug-likeness (QED) is 0.818. The van der Waals surface area contributed by atoms with Gasteiger partial charge < -0.3 is 14.8 Å². The molecule has 0 spiro atoms. The molecule has 0 unspecified atom stereocenters. The summed E-state index contributed by atoms with van der Waals surface area (Å²) < 4.78 is 11.2. The highest BCUT2D eigenvalue weighted by Crippen LogP contribution is 2.18. The van der Waals surface area contributed by atoms with Crippen molar-refractivity contribution < 1.29 is 9.47 Å². The highest BCUT2D eigenvalue weighted by Gasteiger charge is 2.16. The molecule has 0 radical (unpaired) electrons. The molecule has 1 fully saturated rings. The van der Waals surface area contributed by atoms with E-state index in [2.05, 4.69) is 43.4 Å². The van der Waals surface area contributed by atoms with Gasteiger partial charge in [-0.1, -0.05) is 19.1 Å². The van der Waals surface area contributed by atoms with Gasteiger partial charge in [0, 0.05) is 19.2 Å². The molecule has 1 aromatic carbocycles. The Kier molecular flexibility index (Phi) is 5.67. The maximum Gasteiger partial charge on any atom is 0.119 e. The van der Waals surface area contributed by atoms with Gasteiger partial charge in [-0.15, -0.1) is 0 Å². The summed E-state index contributed by atoms with van der Waals surface area (Å²) >= 11 is 0. The molecule has 0 saturated carbocycles. The fourth-order valence-corrected chi connectivity index (χ4v) is 2.30. The van der Waals surface area contributed by atoms with Crippen molar-refractivity contribution in [3.8, 4) is 5.75 Å². The Balaban J connectivity index is 1.79. The van der Waals surface area contributed by atoms with Crippen LogP contribution in [0.15, 0.2) is 24.3 Å². The van der Waals surface area contributed by atoms with Crippen molar-refractivity contribution in [1.82, 2.24) is 5.32 Å². The Hall–Kier alpha value is -1.06. The van der Waals surface area contributed by atoms with Gasteiger partial charge >= 0.3 is 0 Å². The zero-order valence-corrected chi connectivity index (χ0v) is 12.0. The maximum atomic E-state index is 5.62. The minimum absolute atomic E-state index is 0.351. The first-order chi connectivity index (χ1) is 9.29. The highest BCUT2D eigenvalue weighted by molar-refractivity contribution is 5.28. The molecule has 2 atom stereocenters. The third-order valence-electron chi connectivity index (χ3n) is 3.53. The van der Waals surface area contributed by atoms with E-state index in [0.29, 0.717) is 12.1 Å². The van der Waals surface area contributed by atoms with Gasteiger partial charge in [0.15, 0.2) is 0 Å². The van der Waals surface area contributed by atoms with E-state index in [0.717, 1.165) is 31.9 Å². The standard InChI is InChI=1S/C16H25NO2/c1-3-10-18-15-8-6-14(7-9-15)13(2)17-12-16-5-4-11-19-16/h6-9,13,16-17H,3-5,10-12H2,1-2H3/t13-,16+/m1/s1. The molecule has 0 aromatic heterocycles. The van der Waals surface area contributed by atoms with Crippen LogP contribution in [0, 0.1) is 0 Å². The van der Waals surface area contributed by atoms with E-state index in [1.165, 1.54) is 18.4 Å². The third kappa shape index (κ3) is 4.51. The lowest BCUT2D eigenvalue weighted by atomic mass is 10.1. The summed E-state index contributed by atoms with van der Waals surface area (Å²) in [5.74, 6) is 0.955. The van der Waals surface area contributed by atoms with Crippen LogP contribution in [0.4, 0.5) is 0 Å². The molecule has 3 heteroatoms. The second kappa shape index (κ2) is 7.51. The molecule has 1 aliphatic rings. The van der Waals surface area contributed by atoms with Crippen LogP contribution in [0.2, 0.25) is 0 Å². The van der Waals surface area contributed by atoms with E-state index < -0.39 is 0 Å². The summed E-state index contributed by atoms with van der Waals surface area (Å²) in [5, 5.41) is 3.54. The van der Waals surface area contributed by atoms with Gasteiger partial charge in [0.05, 0.1) is 12.7 Å². The summed E-state index contributed by atoms with van der Waals surface area (Å²) in [6.07, 6.45) is 3.82. The van der Waals surface area contributed by atoms with E-state index in [1.807, 2.05) is 0 Å². The molecular formula is C16H25NO2. The van der Waals surface area contributed by atoms with Crippen LogP contribution >= 0.6 is 0 Å². The monoisotopic (exact) mass is 263 g/mol. The molecule has 106 valence electrons. The van der Waals surface area contributed by atoms with Crippen LogP contribution in [-0.4, -0.2) is 25.9 Å². The predicted molar refractivity (Wildman–Crippen MR) is 77.6 cm³/mol. The normalized spacial score (nSPS) is 20.4. The van der Waals surface area contributed by atoms with E-state index in [-0.39, 0.29) is 0 Å². The Bertz CT molecular complexity index is 358. The molecule has 3 nitrogen and oxygen atoms in total. The number of ether oxygens (including phenoxy) is 2. The molecular weight excluding hydrogens is 238 g/mol. The van der Waals surface area contributed by atoms with Gasteiger partial charge in [0.1, 0.15) is 5.75 Å². The molecule has 2 rings (SSSR count). The number of benzene rings is 1. The fraction of sp³-hybridized carbons (Fsp3) is 0.625. The topological polar surface area (TPSA) is 30.5 Å². The van der Waals surface area contributed by atoms with Gasteiger partial charge in [0.25, 0.3) is 0 Å². The second-order valence-electron chi connectivity index (χ2n) is 5.18. The summed E-state index contributed by atoms with van der Waals surface area (Å²) in [6.45, 7) is 6.95. The molecule has 1 N–H and O–H groups in total. The first kappa shape index (κ1) is 14.4. The molecule has 1 aliphatic heterocycles. The van der Waals surface area contributed by atoms with Gasteiger partial charge in [-0.2, -0.15) is 0 Å². The Morgan fingerprint density at radius 2 is 2.16 bits per heavy atom. The molecule has 19 heavy (non-hydrogen) atoms. The number of hydrogen-bond donors (Lipinski definition) is 1. The predicted octanol–water partition coefficient (Wildman–Crippen LogP) is 3.31. The molecule has 1 aromatic rings. The molecule has 0 bridgehead atoms. The van der Waals surface area contributed by atoms with Crippen molar-refractivity contribution in [1.29, 1.82) is 0 Å². The van der Waals surface area contributed by atoms with Crippen molar-refractivity contribution in [2.45, 2.75) is 45.3 Å². The largest absolute Gasteiger partial charge is 0.494 e. The van der Waals surface area contributed by atoms with Crippen LogP contribution in [0.1, 0.15) is 44.7 Å². The molecule has 1 saturated heterocycles. The molecule has 0 amide bonds. The summed E-state index contributed by atoms with van der Waals surface area (Å²) in [7, 11) is 0. The SMILES string of the molecule is CCCOc1ccc([C@@H](C)NC[C@@H]2CCCO2)cc1. The zero-order valence-electron chi connectivity index (χ0n) is 12.0. The van der Waals surface area contributed by atoms with Crippen molar-refractivity contribution >= 4 is 0 Å². The van der Waals surface area contributed by atoms with E-state index in [1.54, 1.807) is 0 Å². The Morgan fingerprint density at radius 3 is 2.79 bits per heavy atom. The fourth-order valence-electron chi connectivity index (χ4n) is 2.30. The summed E-state index contributed by atoms with van der Waals surface area (Å²) in [5.41, 5.74) is 1.29. The lowest BCUT2D eigenvalue weighted by molar-refractivity contribution is 0.108. The Labute approximate surface area is 116 Å². The molecule has 0 aliphatic carbocycles. The number of rotatable bonds is 7. The van der Waals surface area contributed by atoms with Gasteiger partial charge in [-0.05, 0) is 43.9 Å². The van der Waals surface area contributed by atoms with E-state index in [9.17, 15) is 0 Å². The van der Waals surface area contributed by atoms with Crippen molar-refractivity contribution in [3.63, 3.8) is 0 Å². The minimum Gasteiger partial charge on any atom is -0.494 e. The zero-order chi connectivity index (χ0) is 13.5. The van der Waals surface area contributed by atoms with E-state index >= 15 is 0 Å². The van der Waals surface area contributed by atoms with E-state index in [4.69, 9.17) is 9.47 Å². The number of hydrogen-bond acceptors (Lipinski definition) is 3. The van der Waals surface area contributed by atoms with Gasteiger partial charge in [-0.25, -0.2) is 0 Å². The highest BCUT2D eigenvalue weighted by atomic mass is 16.5. The van der Waals surface area contributed by atoms with Gasteiger partial charge in [0.2, 0.25) is 0 Å². The van der Waals surface area contributed by atoms with Crippen molar-refractivity contribution in [2.75, 3.05) is 19.8 Å². The van der Waals surface area contributed by atoms with Crippen LogP contribution < -0.4 is 10.1 Å². The number of nitrogens with one attached hydrogen (secondary N) is 1. The van der Waals surface area contributed by atoms with Crippen molar-refractivity contribution in [2.24, 2.45) is 0 Å².